The number of carbonyl (C=O) groups excluding carboxylic acids is 1. The van der Waals surface area contributed by atoms with Crippen LogP contribution in [0.4, 0.5) is 5.69 Å². The molecule has 4 nitrogen and oxygen atoms in total. The van der Waals surface area contributed by atoms with Gasteiger partial charge < -0.3 is 15.8 Å². The molecule has 0 saturated heterocycles. The molecule has 0 aliphatic rings. The summed E-state index contributed by atoms with van der Waals surface area (Å²) in [5.74, 6) is -0.190. The predicted octanol–water partition coefficient (Wildman–Crippen LogP) is 1.12. The summed E-state index contributed by atoms with van der Waals surface area (Å²) in [6, 6.07) is 6.98. The minimum atomic E-state index is -0.504. The SMILES string of the molecule is COCc1cccc(NC(=O)[C@H](C)N)c1. The van der Waals surface area contributed by atoms with E-state index >= 15 is 0 Å². The smallest absolute Gasteiger partial charge is 0.240 e. The van der Waals surface area contributed by atoms with E-state index in [2.05, 4.69) is 5.32 Å². The molecule has 0 fully saturated rings. The van der Waals surface area contributed by atoms with Gasteiger partial charge in [-0.2, -0.15) is 0 Å². The van der Waals surface area contributed by atoms with Gasteiger partial charge in [-0.05, 0) is 24.6 Å². The van der Waals surface area contributed by atoms with Crippen molar-refractivity contribution in [2.45, 2.75) is 19.6 Å². The molecule has 1 amide bonds. The maximum Gasteiger partial charge on any atom is 0.240 e. The number of benzene rings is 1. The zero-order valence-electron chi connectivity index (χ0n) is 8.99. The Morgan fingerprint density at radius 1 is 1.60 bits per heavy atom. The molecule has 0 aliphatic carbocycles. The van der Waals surface area contributed by atoms with E-state index in [-0.39, 0.29) is 5.91 Å². The Morgan fingerprint density at radius 3 is 2.93 bits per heavy atom. The molecule has 82 valence electrons. The summed E-state index contributed by atoms with van der Waals surface area (Å²) in [7, 11) is 1.63. The normalized spacial score (nSPS) is 12.2. The summed E-state index contributed by atoms with van der Waals surface area (Å²) in [4.78, 5) is 11.3. The highest BCUT2D eigenvalue weighted by atomic mass is 16.5. The number of nitrogens with one attached hydrogen (secondary N) is 1. The highest BCUT2D eigenvalue weighted by Gasteiger charge is 2.07. The van der Waals surface area contributed by atoms with E-state index in [1.807, 2.05) is 24.3 Å². The van der Waals surface area contributed by atoms with Gasteiger partial charge in [0.15, 0.2) is 0 Å². The first-order chi connectivity index (χ1) is 7.13. The maximum absolute atomic E-state index is 11.3. The Balaban J connectivity index is 2.69. The fourth-order valence-corrected chi connectivity index (χ4v) is 1.16. The molecule has 0 radical (unpaired) electrons. The second-order valence-electron chi connectivity index (χ2n) is 3.41. The van der Waals surface area contributed by atoms with Crippen molar-refractivity contribution in [2.75, 3.05) is 12.4 Å². The predicted molar refractivity (Wildman–Crippen MR) is 59.4 cm³/mol. The van der Waals surface area contributed by atoms with Crippen molar-refractivity contribution in [1.82, 2.24) is 0 Å². The third-order valence-electron chi connectivity index (χ3n) is 1.92. The molecule has 4 heteroatoms. The molecular formula is C11H16N2O2. The molecule has 3 N–H and O–H groups in total. The van der Waals surface area contributed by atoms with Crippen LogP contribution in [0.5, 0.6) is 0 Å². The van der Waals surface area contributed by atoms with E-state index < -0.39 is 6.04 Å². The van der Waals surface area contributed by atoms with Gasteiger partial charge in [0.1, 0.15) is 0 Å². The third kappa shape index (κ3) is 3.69. The minimum absolute atomic E-state index is 0.190. The lowest BCUT2D eigenvalue weighted by molar-refractivity contribution is -0.117. The number of hydrogen-bond donors (Lipinski definition) is 2. The average molecular weight is 208 g/mol. The van der Waals surface area contributed by atoms with Crippen molar-refractivity contribution >= 4 is 11.6 Å². The first kappa shape index (κ1) is 11.7. The minimum Gasteiger partial charge on any atom is -0.380 e. The van der Waals surface area contributed by atoms with Gasteiger partial charge in [-0.15, -0.1) is 0 Å². The Morgan fingerprint density at radius 2 is 2.33 bits per heavy atom. The number of carbonyl (C=O) groups is 1. The van der Waals surface area contributed by atoms with Crippen LogP contribution in [0.1, 0.15) is 12.5 Å². The molecule has 0 aliphatic heterocycles. The molecule has 0 bridgehead atoms. The summed E-state index contributed by atoms with van der Waals surface area (Å²) in [6.45, 7) is 2.18. The van der Waals surface area contributed by atoms with Crippen LogP contribution in [0.3, 0.4) is 0 Å². The summed E-state index contributed by atoms with van der Waals surface area (Å²) in [5, 5.41) is 2.72. The van der Waals surface area contributed by atoms with Crippen LogP contribution in [-0.2, 0) is 16.1 Å². The van der Waals surface area contributed by atoms with Crippen molar-refractivity contribution in [3.05, 3.63) is 29.8 Å². The van der Waals surface area contributed by atoms with Crippen LogP contribution in [0, 0.1) is 0 Å². The van der Waals surface area contributed by atoms with Gasteiger partial charge in [0.2, 0.25) is 5.91 Å². The van der Waals surface area contributed by atoms with E-state index in [1.165, 1.54) is 0 Å². The van der Waals surface area contributed by atoms with Gasteiger partial charge in [0.05, 0.1) is 12.6 Å². The summed E-state index contributed by atoms with van der Waals surface area (Å²) >= 11 is 0. The van der Waals surface area contributed by atoms with E-state index in [4.69, 9.17) is 10.5 Å². The number of methoxy groups -OCH3 is 1. The quantitative estimate of drug-likeness (QED) is 0.779. The molecule has 0 aromatic heterocycles. The first-order valence-electron chi connectivity index (χ1n) is 4.78. The average Bonchev–Trinajstić information content (AvgIpc) is 2.18. The molecular weight excluding hydrogens is 192 g/mol. The van der Waals surface area contributed by atoms with Gasteiger partial charge in [-0.3, -0.25) is 4.79 Å². The molecule has 0 saturated carbocycles. The van der Waals surface area contributed by atoms with Crippen molar-refractivity contribution in [3.8, 4) is 0 Å². The van der Waals surface area contributed by atoms with Crippen LogP contribution in [0.2, 0.25) is 0 Å². The second-order valence-corrected chi connectivity index (χ2v) is 3.41. The van der Waals surface area contributed by atoms with E-state index in [1.54, 1.807) is 14.0 Å². The van der Waals surface area contributed by atoms with Crippen molar-refractivity contribution < 1.29 is 9.53 Å². The molecule has 1 atom stereocenters. The van der Waals surface area contributed by atoms with Gasteiger partial charge in [-0.1, -0.05) is 12.1 Å². The largest absolute Gasteiger partial charge is 0.380 e. The first-order valence-corrected chi connectivity index (χ1v) is 4.78. The van der Waals surface area contributed by atoms with E-state index in [9.17, 15) is 4.79 Å². The number of amides is 1. The molecule has 0 unspecified atom stereocenters. The van der Waals surface area contributed by atoms with Crippen LogP contribution in [0.15, 0.2) is 24.3 Å². The molecule has 1 aromatic rings. The topological polar surface area (TPSA) is 64.3 Å². The zero-order valence-corrected chi connectivity index (χ0v) is 8.99. The van der Waals surface area contributed by atoms with E-state index in [0.717, 1.165) is 11.3 Å². The third-order valence-corrected chi connectivity index (χ3v) is 1.92. The van der Waals surface area contributed by atoms with Crippen LogP contribution in [0.25, 0.3) is 0 Å². The molecule has 0 spiro atoms. The lowest BCUT2D eigenvalue weighted by Gasteiger charge is -2.08. The Kier molecular flexibility index (Phi) is 4.27. The Labute approximate surface area is 89.4 Å². The van der Waals surface area contributed by atoms with Gasteiger partial charge in [0.25, 0.3) is 0 Å². The molecule has 0 heterocycles. The second kappa shape index (κ2) is 5.48. The molecule has 15 heavy (non-hydrogen) atoms. The molecule has 1 rings (SSSR count). The number of hydrogen-bond acceptors (Lipinski definition) is 3. The van der Waals surface area contributed by atoms with Crippen molar-refractivity contribution in [3.63, 3.8) is 0 Å². The van der Waals surface area contributed by atoms with Gasteiger partial charge in [-0.25, -0.2) is 0 Å². The van der Waals surface area contributed by atoms with E-state index in [0.29, 0.717) is 6.61 Å². The number of anilines is 1. The van der Waals surface area contributed by atoms with Crippen LogP contribution >= 0.6 is 0 Å². The van der Waals surface area contributed by atoms with Gasteiger partial charge >= 0.3 is 0 Å². The Bertz CT molecular complexity index is 337. The van der Waals surface area contributed by atoms with Crippen LogP contribution < -0.4 is 11.1 Å². The standard InChI is InChI=1S/C11H16N2O2/c1-8(12)11(14)13-10-5-3-4-9(6-10)7-15-2/h3-6,8H,7,12H2,1-2H3,(H,13,14)/t8-/m0/s1. The van der Waals surface area contributed by atoms with Crippen molar-refractivity contribution in [2.24, 2.45) is 5.73 Å². The lowest BCUT2D eigenvalue weighted by atomic mass is 10.2. The molecule has 1 aromatic carbocycles. The highest BCUT2D eigenvalue weighted by Crippen LogP contribution is 2.11. The zero-order chi connectivity index (χ0) is 11.3. The fourth-order valence-electron chi connectivity index (χ4n) is 1.16. The number of nitrogens with two attached hydrogens (primary N) is 1. The monoisotopic (exact) mass is 208 g/mol. The highest BCUT2D eigenvalue weighted by molar-refractivity contribution is 5.94. The number of ether oxygens (including phenoxy) is 1. The number of rotatable bonds is 4. The summed E-state index contributed by atoms with van der Waals surface area (Å²) in [6.07, 6.45) is 0. The maximum atomic E-state index is 11.3. The van der Waals surface area contributed by atoms with Crippen LogP contribution in [-0.4, -0.2) is 19.1 Å². The lowest BCUT2D eigenvalue weighted by Crippen LogP contribution is -2.32. The summed E-state index contributed by atoms with van der Waals surface area (Å²) < 4.78 is 5.00. The van der Waals surface area contributed by atoms with Crippen molar-refractivity contribution in [1.29, 1.82) is 0 Å². The fraction of sp³-hybridized carbons (Fsp3) is 0.364. The van der Waals surface area contributed by atoms with Gasteiger partial charge in [0, 0.05) is 12.8 Å². The Hall–Kier alpha value is -1.39. The summed E-state index contributed by atoms with van der Waals surface area (Å²) in [5.41, 5.74) is 7.20.